The number of benzene rings is 2. The molecule has 2 heterocycles. The number of fused-ring (bicyclic) bond motifs is 2. The van der Waals surface area contributed by atoms with Crippen molar-refractivity contribution >= 4 is 21.6 Å². The summed E-state index contributed by atoms with van der Waals surface area (Å²) >= 11 is 0. The van der Waals surface area contributed by atoms with Crippen molar-refractivity contribution in [2.45, 2.75) is 12.8 Å². The van der Waals surface area contributed by atoms with Crippen LogP contribution in [0.25, 0.3) is 0 Å². The largest absolute Gasteiger partial charge is 0.486 e. The van der Waals surface area contributed by atoms with Crippen molar-refractivity contribution in [2.24, 2.45) is 0 Å². The average molecular weight is 346 g/mol. The van der Waals surface area contributed by atoms with Gasteiger partial charge >= 0.3 is 10.2 Å². The number of anilines is 2. The molecule has 0 saturated carbocycles. The van der Waals surface area contributed by atoms with E-state index in [2.05, 4.69) is 4.72 Å². The quantitative estimate of drug-likeness (QED) is 0.927. The third kappa shape index (κ3) is 2.75. The summed E-state index contributed by atoms with van der Waals surface area (Å²) in [5.41, 5.74) is 2.26. The van der Waals surface area contributed by atoms with E-state index in [1.165, 1.54) is 4.31 Å². The summed E-state index contributed by atoms with van der Waals surface area (Å²) in [6, 6.07) is 12.7. The van der Waals surface area contributed by atoms with Gasteiger partial charge in [0.05, 0.1) is 11.4 Å². The number of para-hydroxylation sites is 1. The first kappa shape index (κ1) is 15.1. The van der Waals surface area contributed by atoms with Gasteiger partial charge in [-0.3, -0.25) is 9.03 Å². The van der Waals surface area contributed by atoms with E-state index < -0.39 is 10.2 Å². The van der Waals surface area contributed by atoms with Crippen molar-refractivity contribution in [3.63, 3.8) is 0 Å². The van der Waals surface area contributed by atoms with Crippen molar-refractivity contribution in [1.82, 2.24) is 0 Å². The zero-order valence-corrected chi connectivity index (χ0v) is 13.9. The Balaban J connectivity index is 1.62. The van der Waals surface area contributed by atoms with Gasteiger partial charge in [0.25, 0.3) is 0 Å². The average Bonchev–Trinajstić information content (AvgIpc) is 2.61. The number of nitrogens with zero attached hydrogens (tertiary/aromatic N) is 1. The van der Waals surface area contributed by atoms with Crippen LogP contribution in [0.2, 0.25) is 0 Å². The first-order valence-corrected chi connectivity index (χ1v) is 9.35. The lowest BCUT2D eigenvalue weighted by Crippen LogP contribution is -2.39. The Kier molecular flexibility index (Phi) is 3.72. The Hall–Kier alpha value is -2.41. The van der Waals surface area contributed by atoms with Crippen LogP contribution in [0.1, 0.15) is 12.0 Å². The summed E-state index contributed by atoms with van der Waals surface area (Å²) in [7, 11) is -3.69. The van der Waals surface area contributed by atoms with Crippen LogP contribution in [0, 0.1) is 0 Å². The summed E-state index contributed by atoms with van der Waals surface area (Å²) in [5.74, 6) is 1.19. The molecule has 6 nitrogen and oxygen atoms in total. The molecule has 0 spiro atoms. The lowest BCUT2D eigenvalue weighted by atomic mass is 10.0. The molecular formula is C17H18N2O4S. The first-order valence-electron chi connectivity index (χ1n) is 7.91. The number of aryl methyl sites for hydroxylation is 1. The number of hydrogen-bond acceptors (Lipinski definition) is 4. The number of nitrogens with one attached hydrogen (secondary N) is 1. The molecule has 1 N–H and O–H groups in total. The number of hydrogen-bond donors (Lipinski definition) is 1. The van der Waals surface area contributed by atoms with Crippen LogP contribution < -0.4 is 18.5 Å². The third-order valence-electron chi connectivity index (χ3n) is 4.15. The van der Waals surface area contributed by atoms with Crippen molar-refractivity contribution < 1.29 is 17.9 Å². The highest BCUT2D eigenvalue weighted by Crippen LogP contribution is 2.34. The van der Waals surface area contributed by atoms with E-state index in [0.717, 1.165) is 24.1 Å². The fraction of sp³-hybridized carbons (Fsp3) is 0.294. The highest BCUT2D eigenvalue weighted by molar-refractivity contribution is 7.94. The summed E-state index contributed by atoms with van der Waals surface area (Å²) in [4.78, 5) is 0. The molecule has 24 heavy (non-hydrogen) atoms. The SMILES string of the molecule is O=S(=O)(Nc1ccc2c(c1)OCCO2)N1CCCc2ccccc21. The highest BCUT2D eigenvalue weighted by Gasteiger charge is 2.27. The van der Waals surface area contributed by atoms with Gasteiger partial charge in [0.1, 0.15) is 13.2 Å². The normalized spacial score (nSPS) is 16.4. The van der Waals surface area contributed by atoms with E-state index in [-0.39, 0.29) is 0 Å². The fourth-order valence-corrected chi connectivity index (χ4v) is 4.40. The maximum atomic E-state index is 12.8. The summed E-state index contributed by atoms with van der Waals surface area (Å²) < 4.78 is 40.7. The van der Waals surface area contributed by atoms with Gasteiger partial charge < -0.3 is 9.47 Å². The Labute approximate surface area is 141 Å². The molecule has 0 amide bonds. The van der Waals surface area contributed by atoms with Crippen LogP contribution >= 0.6 is 0 Å². The standard InChI is InChI=1S/C17H18N2O4S/c20-24(21,19-9-3-5-13-4-1-2-6-15(13)19)18-14-7-8-16-17(12-14)23-11-10-22-16/h1-2,4,6-8,12,18H,3,5,9-11H2. The Morgan fingerprint density at radius 1 is 1.00 bits per heavy atom. The monoisotopic (exact) mass is 346 g/mol. The molecule has 2 aliphatic heterocycles. The van der Waals surface area contributed by atoms with Gasteiger partial charge in [-0.25, -0.2) is 0 Å². The van der Waals surface area contributed by atoms with E-state index in [0.29, 0.717) is 36.9 Å². The second-order valence-corrected chi connectivity index (χ2v) is 7.36. The Morgan fingerprint density at radius 3 is 2.67 bits per heavy atom. The third-order valence-corrected chi connectivity index (χ3v) is 5.60. The Bertz CT molecular complexity index is 867. The van der Waals surface area contributed by atoms with Gasteiger partial charge in [-0.1, -0.05) is 18.2 Å². The van der Waals surface area contributed by atoms with Crippen molar-refractivity contribution in [1.29, 1.82) is 0 Å². The minimum atomic E-state index is -3.69. The van der Waals surface area contributed by atoms with Gasteiger partial charge in [-0.2, -0.15) is 8.42 Å². The first-order chi connectivity index (χ1) is 11.6. The predicted molar refractivity (Wildman–Crippen MR) is 92.1 cm³/mol. The lowest BCUT2D eigenvalue weighted by Gasteiger charge is -2.30. The molecule has 0 saturated heterocycles. The Morgan fingerprint density at radius 2 is 1.79 bits per heavy atom. The molecule has 0 aliphatic carbocycles. The molecule has 126 valence electrons. The topological polar surface area (TPSA) is 67.9 Å². The van der Waals surface area contributed by atoms with E-state index in [1.807, 2.05) is 24.3 Å². The predicted octanol–water partition coefficient (Wildman–Crippen LogP) is 2.57. The molecule has 7 heteroatoms. The van der Waals surface area contributed by atoms with Gasteiger partial charge in [0.15, 0.2) is 11.5 Å². The second kappa shape index (κ2) is 5.90. The minimum absolute atomic E-state index is 0.460. The summed E-state index contributed by atoms with van der Waals surface area (Å²) in [5, 5.41) is 0. The van der Waals surface area contributed by atoms with Crippen LogP contribution in [-0.4, -0.2) is 28.2 Å². The number of rotatable bonds is 3. The van der Waals surface area contributed by atoms with Crippen LogP contribution in [0.4, 0.5) is 11.4 Å². The zero-order chi connectivity index (χ0) is 16.6. The molecule has 0 atom stereocenters. The summed E-state index contributed by atoms with van der Waals surface area (Å²) in [6.45, 7) is 1.43. The van der Waals surface area contributed by atoms with E-state index >= 15 is 0 Å². The lowest BCUT2D eigenvalue weighted by molar-refractivity contribution is 0.171. The zero-order valence-electron chi connectivity index (χ0n) is 13.1. The molecule has 0 aromatic heterocycles. The van der Waals surface area contributed by atoms with Crippen LogP contribution in [-0.2, 0) is 16.6 Å². The molecule has 0 bridgehead atoms. The summed E-state index contributed by atoms with van der Waals surface area (Å²) in [6.07, 6.45) is 1.70. The van der Waals surface area contributed by atoms with Gasteiger partial charge in [0, 0.05) is 12.6 Å². The molecule has 2 aromatic rings. The van der Waals surface area contributed by atoms with E-state index in [9.17, 15) is 8.42 Å². The second-order valence-electron chi connectivity index (χ2n) is 5.77. The van der Waals surface area contributed by atoms with Gasteiger partial charge in [-0.05, 0) is 36.6 Å². The van der Waals surface area contributed by atoms with E-state index in [4.69, 9.17) is 9.47 Å². The highest BCUT2D eigenvalue weighted by atomic mass is 32.2. The smallest absolute Gasteiger partial charge is 0.323 e. The molecule has 2 aliphatic rings. The molecule has 4 rings (SSSR count). The molecule has 0 fully saturated rings. The van der Waals surface area contributed by atoms with Gasteiger partial charge in [-0.15, -0.1) is 0 Å². The maximum Gasteiger partial charge on any atom is 0.323 e. The molecule has 0 unspecified atom stereocenters. The van der Waals surface area contributed by atoms with E-state index in [1.54, 1.807) is 18.2 Å². The minimum Gasteiger partial charge on any atom is -0.486 e. The van der Waals surface area contributed by atoms with Gasteiger partial charge in [0.2, 0.25) is 0 Å². The maximum absolute atomic E-state index is 12.8. The van der Waals surface area contributed by atoms with Crippen molar-refractivity contribution in [3.05, 3.63) is 48.0 Å². The van der Waals surface area contributed by atoms with Crippen LogP contribution in [0.3, 0.4) is 0 Å². The van der Waals surface area contributed by atoms with Crippen LogP contribution in [0.15, 0.2) is 42.5 Å². The van der Waals surface area contributed by atoms with Crippen LogP contribution in [0.5, 0.6) is 11.5 Å². The van der Waals surface area contributed by atoms with Crippen molar-refractivity contribution in [3.8, 4) is 11.5 Å². The molecule has 0 radical (unpaired) electrons. The molecule has 2 aromatic carbocycles. The number of ether oxygens (including phenoxy) is 2. The fourth-order valence-electron chi connectivity index (χ4n) is 3.06. The van der Waals surface area contributed by atoms with Crippen molar-refractivity contribution in [2.75, 3.05) is 28.8 Å². The molecular weight excluding hydrogens is 328 g/mol.